The second-order valence-corrected chi connectivity index (χ2v) is 12.7. The maximum atomic E-state index is 13.7. The van der Waals surface area contributed by atoms with Crippen molar-refractivity contribution in [2.45, 2.75) is 52.0 Å². The molecular weight excluding hydrogens is 570 g/mol. The maximum Gasteiger partial charge on any atom is 0.335 e. The Morgan fingerprint density at radius 3 is 2.13 bits per heavy atom. The summed E-state index contributed by atoms with van der Waals surface area (Å²) < 4.78 is 5.75. The number of aromatic carboxylic acids is 1. The molecule has 0 spiro atoms. The Hall–Kier alpha value is -4.31. The first-order valence-corrected chi connectivity index (χ1v) is 16.0. The summed E-state index contributed by atoms with van der Waals surface area (Å²) in [6.07, 6.45) is 5.13. The number of aromatic nitrogens is 2. The highest BCUT2D eigenvalue weighted by atomic mass is 16.5. The van der Waals surface area contributed by atoms with Gasteiger partial charge in [-0.3, -0.25) is 9.59 Å². The third kappa shape index (κ3) is 7.01. The number of carboxylic acids is 1. The number of nitrogens with one attached hydrogen (secondary N) is 1. The van der Waals surface area contributed by atoms with Crippen LogP contribution in [0, 0.1) is 31.6 Å². The molecule has 2 amide bonds. The van der Waals surface area contributed by atoms with Crippen LogP contribution in [0.3, 0.4) is 0 Å². The number of hydrogen-bond acceptors (Lipinski definition) is 7. The summed E-state index contributed by atoms with van der Waals surface area (Å²) in [5.74, 6) is 0.512. The Labute approximate surface area is 263 Å². The first kappa shape index (κ1) is 30.7. The molecule has 1 saturated carbocycles. The number of carbonyl (C=O) groups is 3. The molecule has 10 nitrogen and oxygen atoms in total. The highest BCUT2D eigenvalue weighted by molar-refractivity contribution is 5.96. The standard InChI is InChI=1S/C35H41N5O5/c1-22-31(23(2)37-35(36-22)45-29-14-12-26(13-15-29)34(43)44)33(42)40-20-27-18-39(19-28(27)21-40)17-16-30(24-8-4-3-5-9-24)38-32(41)25-10-6-7-11-25/h3-5,8-9,12-15,25,27-28,30H,6-7,10-11,16-21H2,1-2H3,(H,38,41)(H,43,44)/t27?,28?,30-/m0/s1. The van der Waals surface area contributed by atoms with E-state index < -0.39 is 5.97 Å². The van der Waals surface area contributed by atoms with Crippen molar-refractivity contribution >= 4 is 17.8 Å². The number of rotatable bonds is 10. The lowest BCUT2D eigenvalue weighted by molar-refractivity contribution is -0.125. The second-order valence-electron chi connectivity index (χ2n) is 12.7. The molecule has 3 heterocycles. The maximum absolute atomic E-state index is 13.7. The Balaban J connectivity index is 1.04. The van der Waals surface area contributed by atoms with Gasteiger partial charge in [-0.2, -0.15) is 9.97 Å². The Bertz CT molecular complexity index is 1500. The number of hydrogen-bond donors (Lipinski definition) is 2. The van der Waals surface area contributed by atoms with Crippen LogP contribution >= 0.6 is 0 Å². The van der Waals surface area contributed by atoms with Crippen molar-refractivity contribution < 1.29 is 24.2 Å². The number of aryl methyl sites for hydroxylation is 2. The predicted molar refractivity (Wildman–Crippen MR) is 168 cm³/mol. The SMILES string of the molecule is Cc1nc(Oc2ccc(C(=O)O)cc2)nc(C)c1C(=O)N1CC2CN(CC[C@H](NC(=O)C3CCCC3)c3ccccc3)CC2C1. The van der Waals surface area contributed by atoms with Crippen LogP contribution in [0.1, 0.15) is 75.8 Å². The molecule has 2 aliphatic heterocycles. The van der Waals surface area contributed by atoms with Gasteiger partial charge in [0.05, 0.1) is 28.6 Å². The number of carboxylic acid groups (broad SMARTS) is 1. The first-order valence-electron chi connectivity index (χ1n) is 16.0. The van der Waals surface area contributed by atoms with E-state index >= 15 is 0 Å². The van der Waals surface area contributed by atoms with Crippen LogP contribution in [0.4, 0.5) is 0 Å². The molecule has 6 rings (SSSR count). The lowest BCUT2D eigenvalue weighted by atomic mass is 10.0. The number of nitrogens with zero attached hydrogens (tertiary/aromatic N) is 4. The summed E-state index contributed by atoms with van der Waals surface area (Å²) in [5.41, 5.74) is 2.92. The topological polar surface area (TPSA) is 125 Å². The third-order valence-electron chi connectivity index (χ3n) is 9.60. The van der Waals surface area contributed by atoms with E-state index in [1.54, 1.807) is 26.0 Å². The van der Waals surface area contributed by atoms with E-state index in [-0.39, 0.29) is 35.3 Å². The van der Waals surface area contributed by atoms with Crippen LogP contribution in [0.2, 0.25) is 0 Å². The van der Waals surface area contributed by atoms with Crippen LogP contribution in [0.5, 0.6) is 11.8 Å². The smallest absolute Gasteiger partial charge is 0.335 e. The quantitative estimate of drug-likeness (QED) is 0.327. The molecule has 3 aliphatic rings. The van der Waals surface area contributed by atoms with Gasteiger partial charge in [-0.15, -0.1) is 0 Å². The number of carbonyl (C=O) groups excluding carboxylic acids is 2. The van der Waals surface area contributed by atoms with Gasteiger partial charge in [-0.25, -0.2) is 4.79 Å². The largest absolute Gasteiger partial charge is 0.478 e. The van der Waals surface area contributed by atoms with Crippen LogP contribution in [0.15, 0.2) is 54.6 Å². The molecule has 45 heavy (non-hydrogen) atoms. The summed E-state index contributed by atoms with van der Waals surface area (Å²) >= 11 is 0. The molecule has 3 aromatic rings. The van der Waals surface area contributed by atoms with Gasteiger partial charge >= 0.3 is 12.0 Å². The molecule has 10 heteroatoms. The van der Waals surface area contributed by atoms with Crippen molar-refractivity contribution in [3.05, 3.63) is 82.7 Å². The Kier molecular flexibility index (Phi) is 9.11. The van der Waals surface area contributed by atoms with Gasteiger partial charge in [-0.1, -0.05) is 43.2 Å². The zero-order valence-corrected chi connectivity index (χ0v) is 25.9. The first-order chi connectivity index (χ1) is 21.7. The highest BCUT2D eigenvalue weighted by Crippen LogP contribution is 2.34. The zero-order chi connectivity index (χ0) is 31.5. The van der Waals surface area contributed by atoms with Crippen molar-refractivity contribution in [3.63, 3.8) is 0 Å². The molecule has 0 bridgehead atoms. The summed E-state index contributed by atoms with van der Waals surface area (Å²) in [5, 5.41) is 12.5. The zero-order valence-electron chi connectivity index (χ0n) is 25.9. The minimum Gasteiger partial charge on any atom is -0.478 e. The average Bonchev–Trinajstić information content (AvgIpc) is 3.77. The molecule has 2 saturated heterocycles. The lowest BCUT2D eigenvalue weighted by Gasteiger charge is -2.26. The highest BCUT2D eigenvalue weighted by Gasteiger charge is 2.42. The minimum absolute atomic E-state index is 0.000164. The monoisotopic (exact) mass is 611 g/mol. The number of ether oxygens (including phenoxy) is 1. The number of benzene rings is 2. The predicted octanol–water partition coefficient (Wildman–Crippen LogP) is 5.03. The van der Waals surface area contributed by atoms with E-state index in [0.29, 0.717) is 47.6 Å². The van der Waals surface area contributed by atoms with E-state index in [1.807, 2.05) is 23.1 Å². The number of likely N-dealkylation sites (tertiary alicyclic amines) is 2. The average molecular weight is 612 g/mol. The van der Waals surface area contributed by atoms with Crippen molar-refractivity contribution in [2.75, 3.05) is 32.7 Å². The van der Waals surface area contributed by atoms with Crippen LogP contribution in [0.25, 0.3) is 0 Å². The van der Waals surface area contributed by atoms with Crippen molar-refractivity contribution in [2.24, 2.45) is 17.8 Å². The summed E-state index contributed by atoms with van der Waals surface area (Å²) in [6, 6.07) is 16.4. The molecule has 2 N–H and O–H groups in total. The molecule has 2 aromatic carbocycles. The molecule has 2 unspecified atom stereocenters. The Morgan fingerprint density at radius 2 is 1.53 bits per heavy atom. The third-order valence-corrected chi connectivity index (χ3v) is 9.60. The van der Waals surface area contributed by atoms with Crippen LogP contribution in [-0.4, -0.2) is 75.4 Å². The molecule has 1 aromatic heterocycles. The number of fused-ring (bicyclic) bond motifs is 1. The Morgan fingerprint density at radius 1 is 0.911 bits per heavy atom. The fourth-order valence-electron chi connectivity index (χ4n) is 7.21. The molecule has 3 atom stereocenters. The van der Waals surface area contributed by atoms with E-state index in [1.165, 1.54) is 12.1 Å². The van der Waals surface area contributed by atoms with Crippen LogP contribution < -0.4 is 10.1 Å². The van der Waals surface area contributed by atoms with Gasteiger partial charge in [0, 0.05) is 38.6 Å². The van der Waals surface area contributed by atoms with Gasteiger partial charge in [-0.05, 0) is 74.8 Å². The van der Waals surface area contributed by atoms with Crippen molar-refractivity contribution in [1.29, 1.82) is 0 Å². The van der Waals surface area contributed by atoms with E-state index in [2.05, 4.69) is 32.3 Å². The van der Waals surface area contributed by atoms with Gasteiger partial charge in [0.15, 0.2) is 0 Å². The fourth-order valence-corrected chi connectivity index (χ4v) is 7.21. The van der Waals surface area contributed by atoms with E-state index in [4.69, 9.17) is 9.84 Å². The van der Waals surface area contributed by atoms with Gasteiger partial charge < -0.3 is 25.0 Å². The van der Waals surface area contributed by atoms with Gasteiger partial charge in [0.2, 0.25) is 5.91 Å². The minimum atomic E-state index is -1.01. The summed E-state index contributed by atoms with van der Waals surface area (Å²) in [7, 11) is 0. The van der Waals surface area contributed by atoms with Crippen molar-refractivity contribution in [1.82, 2.24) is 25.1 Å². The molecule has 0 radical (unpaired) electrons. The molecular formula is C35H41N5O5. The fraction of sp³-hybridized carbons (Fsp3) is 0.457. The number of amides is 2. The van der Waals surface area contributed by atoms with E-state index in [0.717, 1.165) is 57.3 Å². The lowest BCUT2D eigenvalue weighted by Crippen LogP contribution is -2.37. The summed E-state index contributed by atoms with van der Waals surface area (Å²) in [4.78, 5) is 51.0. The van der Waals surface area contributed by atoms with Gasteiger partial charge in [0.25, 0.3) is 5.91 Å². The summed E-state index contributed by atoms with van der Waals surface area (Å²) in [6.45, 7) is 7.76. The molecule has 236 valence electrons. The normalized spacial score (nSPS) is 20.6. The van der Waals surface area contributed by atoms with Crippen LogP contribution in [-0.2, 0) is 4.79 Å². The van der Waals surface area contributed by atoms with E-state index in [9.17, 15) is 14.4 Å². The molecule has 1 aliphatic carbocycles. The van der Waals surface area contributed by atoms with Gasteiger partial charge in [0.1, 0.15) is 5.75 Å². The molecule has 3 fully saturated rings. The van der Waals surface area contributed by atoms with Crippen molar-refractivity contribution in [3.8, 4) is 11.8 Å². The second kappa shape index (κ2) is 13.4.